The van der Waals surface area contributed by atoms with E-state index in [0.29, 0.717) is 0 Å². The van der Waals surface area contributed by atoms with E-state index < -0.39 is 8.07 Å². The van der Waals surface area contributed by atoms with Crippen molar-refractivity contribution < 1.29 is 0 Å². The normalized spacial score (nSPS) is 26.6. The van der Waals surface area contributed by atoms with Crippen LogP contribution in [0.3, 0.4) is 0 Å². The van der Waals surface area contributed by atoms with Gasteiger partial charge in [0.15, 0.2) is 0 Å². The molecule has 0 nitrogen and oxygen atoms in total. The monoisotopic (exact) mass is 168 g/mol. The molecule has 0 heterocycles. The highest BCUT2D eigenvalue weighted by Gasteiger charge is 2.24. The maximum Gasteiger partial charge on any atom is 0.0513 e. The molecule has 0 bridgehead atoms. The Morgan fingerprint density at radius 1 is 1.18 bits per heavy atom. The minimum absolute atomic E-state index is 0.875. The van der Waals surface area contributed by atoms with Crippen molar-refractivity contribution in [2.75, 3.05) is 0 Å². The summed E-state index contributed by atoms with van der Waals surface area (Å²) < 4.78 is 0. The van der Waals surface area contributed by atoms with Crippen LogP contribution in [0.5, 0.6) is 0 Å². The molecule has 0 unspecified atom stereocenters. The smallest absolute Gasteiger partial charge is 0.0513 e. The third-order valence-electron chi connectivity index (χ3n) is 2.62. The van der Waals surface area contributed by atoms with E-state index in [-0.39, 0.29) is 0 Å². The zero-order valence-corrected chi connectivity index (χ0v) is 9.06. The third kappa shape index (κ3) is 2.82. The van der Waals surface area contributed by atoms with E-state index >= 15 is 0 Å². The first-order chi connectivity index (χ1) is 5.11. The highest BCUT2D eigenvalue weighted by Crippen LogP contribution is 2.31. The van der Waals surface area contributed by atoms with Gasteiger partial charge in [0.05, 0.1) is 8.07 Å². The summed E-state index contributed by atoms with van der Waals surface area (Å²) in [6, 6.07) is 0. The second-order valence-corrected chi connectivity index (χ2v) is 10.2. The van der Waals surface area contributed by atoms with Crippen molar-refractivity contribution in [1.82, 2.24) is 0 Å². The van der Waals surface area contributed by atoms with Crippen molar-refractivity contribution >= 4 is 8.07 Å². The molecule has 0 saturated carbocycles. The first kappa shape index (κ1) is 9.05. The Morgan fingerprint density at radius 3 is 2.55 bits per heavy atom. The van der Waals surface area contributed by atoms with Crippen molar-refractivity contribution in [2.24, 2.45) is 0 Å². The SMILES string of the molecule is C[Si](C)(C)[C@@H]1C=CCCCC1. The van der Waals surface area contributed by atoms with Gasteiger partial charge in [0.1, 0.15) is 0 Å². The fourth-order valence-corrected chi connectivity index (χ4v) is 3.49. The van der Waals surface area contributed by atoms with Crippen LogP contribution in [-0.2, 0) is 0 Å². The van der Waals surface area contributed by atoms with Gasteiger partial charge in [-0.3, -0.25) is 0 Å². The number of allylic oxidation sites excluding steroid dienone is 2. The quantitative estimate of drug-likeness (QED) is 0.412. The summed E-state index contributed by atoms with van der Waals surface area (Å²) >= 11 is 0. The molecule has 0 aromatic carbocycles. The molecule has 11 heavy (non-hydrogen) atoms. The Labute approximate surface area is 71.7 Å². The molecule has 1 aliphatic carbocycles. The van der Waals surface area contributed by atoms with E-state index in [0.717, 1.165) is 5.54 Å². The number of hydrogen-bond acceptors (Lipinski definition) is 0. The first-order valence-corrected chi connectivity index (χ1v) is 8.35. The molecule has 0 fully saturated rings. The fourth-order valence-electron chi connectivity index (χ4n) is 1.70. The maximum absolute atomic E-state index is 2.49. The number of hydrogen-bond donors (Lipinski definition) is 0. The lowest BCUT2D eigenvalue weighted by atomic mass is 10.2. The Hall–Kier alpha value is -0.0431. The standard InChI is InChI=1S/C10H20Si/c1-11(2,3)10-8-6-4-5-7-9-10/h6,8,10H,4-5,7,9H2,1-3H3/t10-/m1/s1. The fraction of sp³-hybridized carbons (Fsp3) is 0.800. The second kappa shape index (κ2) is 3.57. The highest BCUT2D eigenvalue weighted by molar-refractivity contribution is 6.78. The molecule has 0 radical (unpaired) electrons. The van der Waals surface area contributed by atoms with Gasteiger partial charge in [-0.15, -0.1) is 0 Å². The van der Waals surface area contributed by atoms with Crippen LogP contribution in [0, 0.1) is 0 Å². The van der Waals surface area contributed by atoms with Gasteiger partial charge in [0.2, 0.25) is 0 Å². The molecule has 0 spiro atoms. The molecule has 0 aromatic heterocycles. The lowest BCUT2D eigenvalue weighted by Gasteiger charge is -2.25. The summed E-state index contributed by atoms with van der Waals surface area (Å²) in [5.74, 6) is 0. The van der Waals surface area contributed by atoms with Crippen LogP contribution in [-0.4, -0.2) is 8.07 Å². The molecule has 1 aliphatic rings. The van der Waals surface area contributed by atoms with Crippen molar-refractivity contribution in [3.05, 3.63) is 12.2 Å². The van der Waals surface area contributed by atoms with Crippen LogP contribution in [0.1, 0.15) is 25.7 Å². The molecule has 1 rings (SSSR count). The zero-order chi connectivity index (χ0) is 8.32. The lowest BCUT2D eigenvalue weighted by molar-refractivity contribution is 0.707. The van der Waals surface area contributed by atoms with Crippen LogP contribution >= 0.6 is 0 Å². The molecule has 0 N–H and O–H groups in total. The number of rotatable bonds is 1. The Balaban J connectivity index is 2.56. The van der Waals surface area contributed by atoms with Gasteiger partial charge in [-0.05, 0) is 24.8 Å². The molecule has 0 aromatic rings. The third-order valence-corrected chi connectivity index (χ3v) is 5.32. The Morgan fingerprint density at radius 2 is 1.91 bits per heavy atom. The van der Waals surface area contributed by atoms with Crippen molar-refractivity contribution in [3.63, 3.8) is 0 Å². The molecule has 1 atom stereocenters. The minimum Gasteiger partial charge on any atom is -0.0885 e. The first-order valence-electron chi connectivity index (χ1n) is 4.77. The van der Waals surface area contributed by atoms with E-state index in [2.05, 4.69) is 31.8 Å². The van der Waals surface area contributed by atoms with Gasteiger partial charge in [0, 0.05) is 0 Å². The maximum atomic E-state index is 2.49. The van der Waals surface area contributed by atoms with Crippen LogP contribution in [0.4, 0.5) is 0 Å². The second-order valence-electron chi connectivity index (χ2n) is 4.69. The summed E-state index contributed by atoms with van der Waals surface area (Å²) in [6.45, 7) is 7.44. The summed E-state index contributed by atoms with van der Waals surface area (Å²) in [5, 5.41) is 0. The van der Waals surface area contributed by atoms with E-state index in [1.165, 1.54) is 25.7 Å². The van der Waals surface area contributed by atoms with E-state index in [1.54, 1.807) is 0 Å². The van der Waals surface area contributed by atoms with Gasteiger partial charge >= 0.3 is 0 Å². The Bertz CT molecular complexity index is 141. The van der Waals surface area contributed by atoms with Crippen LogP contribution in [0.25, 0.3) is 0 Å². The Kier molecular flexibility index (Phi) is 2.94. The van der Waals surface area contributed by atoms with Gasteiger partial charge in [-0.1, -0.05) is 38.2 Å². The molecular weight excluding hydrogens is 148 g/mol. The average Bonchev–Trinajstić information content (AvgIpc) is 2.10. The van der Waals surface area contributed by atoms with Crippen LogP contribution < -0.4 is 0 Å². The van der Waals surface area contributed by atoms with E-state index in [4.69, 9.17) is 0 Å². The molecule has 64 valence electrons. The molecule has 0 amide bonds. The van der Waals surface area contributed by atoms with Crippen LogP contribution in [0.2, 0.25) is 25.2 Å². The van der Waals surface area contributed by atoms with Crippen molar-refractivity contribution in [1.29, 1.82) is 0 Å². The predicted molar refractivity (Wildman–Crippen MR) is 54.7 cm³/mol. The van der Waals surface area contributed by atoms with Gasteiger partial charge in [-0.2, -0.15) is 0 Å². The van der Waals surface area contributed by atoms with E-state index in [9.17, 15) is 0 Å². The van der Waals surface area contributed by atoms with Crippen LogP contribution in [0.15, 0.2) is 12.2 Å². The largest absolute Gasteiger partial charge is 0.0885 e. The van der Waals surface area contributed by atoms with E-state index in [1.807, 2.05) is 0 Å². The summed E-state index contributed by atoms with van der Waals surface area (Å²) in [6.07, 6.45) is 10.5. The zero-order valence-electron chi connectivity index (χ0n) is 8.06. The summed E-state index contributed by atoms with van der Waals surface area (Å²) in [5.41, 5.74) is 0.949. The molecular formula is C10H20Si. The topological polar surface area (TPSA) is 0 Å². The highest BCUT2D eigenvalue weighted by atomic mass is 28.3. The van der Waals surface area contributed by atoms with Crippen molar-refractivity contribution in [3.8, 4) is 0 Å². The molecule has 0 saturated heterocycles. The average molecular weight is 168 g/mol. The van der Waals surface area contributed by atoms with Gasteiger partial charge < -0.3 is 0 Å². The minimum atomic E-state index is -0.875. The van der Waals surface area contributed by atoms with Crippen molar-refractivity contribution in [2.45, 2.75) is 50.9 Å². The summed E-state index contributed by atoms with van der Waals surface area (Å²) in [4.78, 5) is 0. The lowest BCUT2D eigenvalue weighted by Crippen LogP contribution is -2.26. The van der Waals surface area contributed by atoms with Gasteiger partial charge in [-0.25, -0.2) is 0 Å². The van der Waals surface area contributed by atoms with Gasteiger partial charge in [0.25, 0.3) is 0 Å². The summed E-state index contributed by atoms with van der Waals surface area (Å²) in [7, 11) is -0.875. The molecule has 0 aliphatic heterocycles. The molecule has 1 heteroatoms. The predicted octanol–water partition coefficient (Wildman–Crippen LogP) is 3.83.